The summed E-state index contributed by atoms with van der Waals surface area (Å²) in [6.07, 6.45) is 0.323. The number of nitrogens with zero attached hydrogens (tertiary/aromatic N) is 3. The Morgan fingerprint density at radius 1 is 1.32 bits per heavy atom. The Labute approximate surface area is 114 Å². The van der Waals surface area contributed by atoms with Crippen LogP contribution in [0.2, 0.25) is 0 Å². The smallest absolute Gasteiger partial charge is 0.108 e. The highest BCUT2D eigenvalue weighted by atomic mass is 16.5. The molecular weight excluding hydrogens is 242 g/mol. The predicted molar refractivity (Wildman–Crippen MR) is 76.8 cm³/mol. The average molecular weight is 263 g/mol. The van der Waals surface area contributed by atoms with Gasteiger partial charge in [0.05, 0.1) is 19.4 Å². The van der Waals surface area contributed by atoms with Gasteiger partial charge >= 0.3 is 0 Å². The molecule has 0 aliphatic carbocycles. The van der Waals surface area contributed by atoms with Crippen molar-refractivity contribution in [1.29, 1.82) is 0 Å². The van der Waals surface area contributed by atoms with E-state index in [4.69, 9.17) is 4.74 Å². The number of ether oxygens (including phenoxy) is 1. The maximum atomic E-state index is 10.5. The molecule has 1 aromatic rings. The zero-order valence-corrected chi connectivity index (χ0v) is 11.6. The van der Waals surface area contributed by atoms with Gasteiger partial charge in [-0.15, -0.1) is 4.91 Å². The molecule has 0 aromatic heterocycles. The summed E-state index contributed by atoms with van der Waals surface area (Å²) in [4.78, 5) is 15.2. The van der Waals surface area contributed by atoms with Crippen molar-refractivity contribution in [2.24, 2.45) is 5.18 Å². The van der Waals surface area contributed by atoms with Crippen LogP contribution in [0.1, 0.15) is 13.8 Å². The van der Waals surface area contributed by atoms with Gasteiger partial charge in [0.1, 0.15) is 5.69 Å². The van der Waals surface area contributed by atoms with Gasteiger partial charge in [-0.05, 0) is 43.3 Å². The van der Waals surface area contributed by atoms with E-state index in [1.54, 1.807) is 12.1 Å². The first-order valence-corrected chi connectivity index (χ1v) is 6.78. The lowest BCUT2D eigenvalue weighted by Crippen LogP contribution is -2.51. The van der Waals surface area contributed by atoms with Crippen molar-refractivity contribution in [2.75, 3.05) is 37.7 Å². The molecule has 1 heterocycles. The SMILES string of the molecule is CCN(c1ccc(N=O)cc1)C(C)N1CCOCC1. The maximum Gasteiger partial charge on any atom is 0.108 e. The predicted octanol–water partition coefficient (Wildman–Crippen LogP) is 2.59. The van der Waals surface area contributed by atoms with Gasteiger partial charge in [0, 0.05) is 25.3 Å². The Morgan fingerprint density at radius 2 is 1.95 bits per heavy atom. The largest absolute Gasteiger partial charge is 0.379 e. The van der Waals surface area contributed by atoms with Crippen molar-refractivity contribution in [1.82, 2.24) is 4.90 Å². The minimum Gasteiger partial charge on any atom is -0.379 e. The molecule has 1 aromatic carbocycles. The Hall–Kier alpha value is -1.46. The standard InChI is InChI=1S/C14H21N3O2/c1-3-17(12(2)16-8-10-19-11-9-16)14-6-4-13(15-18)5-7-14/h4-7,12H,3,8-11H2,1-2H3. The molecule has 5 nitrogen and oxygen atoms in total. The molecule has 2 rings (SSSR count). The van der Waals surface area contributed by atoms with E-state index in [1.165, 1.54) is 0 Å². The minimum atomic E-state index is 0.323. The van der Waals surface area contributed by atoms with Crippen LogP contribution in [0.15, 0.2) is 29.4 Å². The summed E-state index contributed by atoms with van der Waals surface area (Å²) in [5, 5.41) is 2.94. The number of hydrogen-bond acceptors (Lipinski definition) is 5. The zero-order valence-electron chi connectivity index (χ0n) is 11.6. The molecule has 0 bridgehead atoms. The van der Waals surface area contributed by atoms with Gasteiger partial charge in [-0.2, -0.15) is 0 Å². The fraction of sp³-hybridized carbons (Fsp3) is 0.571. The normalized spacial score (nSPS) is 18.0. The third-order valence-corrected chi connectivity index (χ3v) is 3.65. The molecule has 19 heavy (non-hydrogen) atoms. The molecule has 1 atom stereocenters. The second kappa shape index (κ2) is 6.63. The molecule has 104 valence electrons. The van der Waals surface area contributed by atoms with Crippen molar-refractivity contribution in [3.05, 3.63) is 29.2 Å². The lowest BCUT2D eigenvalue weighted by Gasteiger charge is -2.40. The molecular formula is C14H21N3O2. The van der Waals surface area contributed by atoms with Crippen molar-refractivity contribution in [2.45, 2.75) is 20.0 Å². The Morgan fingerprint density at radius 3 is 2.47 bits per heavy atom. The van der Waals surface area contributed by atoms with Crippen LogP contribution in [-0.4, -0.2) is 43.9 Å². The van der Waals surface area contributed by atoms with E-state index in [2.05, 4.69) is 28.8 Å². The van der Waals surface area contributed by atoms with E-state index in [1.807, 2.05) is 12.1 Å². The molecule has 1 fully saturated rings. The van der Waals surface area contributed by atoms with Crippen molar-refractivity contribution < 1.29 is 4.74 Å². The van der Waals surface area contributed by atoms with E-state index >= 15 is 0 Å². The van der Waals surface area contributed by atoms with Crippen LogP contribution in [-0.2, 0) is 4.74 Å². The topological polar surface area (TPSA) is 45.1 Å². The molecule has 1 aliphatic rings. The number of hydrogen-bond donors (Lipinski definition) is 0. The van der Waals surface area contributed by atoms with Crippen LogP contribution in [0.4, 0.5) is 11.4 Å². The fourth-order valence-electron chi connectivity index (χ4n) is 2.52. The summed E-state index contributed by atoms with van der Waals surface area (Å²) < 4.78 is 5.39. The zero-order chi connectivity index (χ0) is 13.7. The molecule has 1 unspecified atom stereocenters. The number of benzene rings is 1. The summed E-state index contributed by atoms with van der Waals surface area (Å²) in [5.74, 6) is 0. The van der Waals surface area contributed by atoms with Crippen LogP contribution in [0, 0.1) is 4.91 Å². The van der Waals surface area contributed by atoms with Gasteiger partial charge in [0.2, 0.25) is 0 Å². The highest BCUT2D eigenvalue weighted by molar-refractivity contribution is 5.53. The molecule has 0 spiro atoms. The highest BCUT2D eigenvalue weighted by Crippen LogP contribution is 2.22. The first kappa shape index (κ1) is 14.0. The first-order chi connectivity index (χ1) is 9.26. The summed E-state index contributed by atoms with van der Waals surface area (Å²) in [7, 11) is 0. The first-order valence-electron chi connectivity index (χ1n) is 6.78. The third kappa shape index (κ3) is 3.30. The van der Waals surface area contributed by atoms with Crippen LogP contribution in [0.3, 0.4) is 0 Å². The van der Waals surface area contributed by atoms with Crippen LogP contribution in [0.25, 0.3) is 0 Å². The van der Waals surface area contributed by atoms with E-state index in [0.717, 1.165) is 38.5 Å². The number of anilines is 1. The third-order valence-electron chi connectivity index (χ3n) is 3.65. The number of nitroso groups, excluding NO2 is 1. The Kier molecular flexibility index (Phi) is 4.87. The van der Waals surface area contributed by atoms with Gasteiger partial charge in [-0.1, -0.05) is 0 Å². The number of morpholine rings is 1. The van der Waals surface area contributed by atoms with Crippen molar-refractivity contribution in [3.8, 4) is 0 Å². The van der Waals surface area contributed by atoms with Gasteiger partial charge < -0.3 is 9.64 Å². The molecule has 1 aliphatic heterocycles. The number of rotatable bonds is 5. The second-order valence-corrected chi connectivity index (χ2v) is 4.67. The summed E-state index contributed by atoms with van der Waals surface area (Å²) in [6.45, 7) is 8.80. The second-order valence-electron chi connectivity index (χ2n) is 4.67. The van der Waals surface area contributed by atoms with E-state index in [-0.39, 0.29) is 0 Å². The van der Waals surface area contributed by atoms with E-state index < -0.39 is 0 Å². The van der Waals surface area contributed by atoms with Crippen LogP contribution in [0.5, 0.6) is 0 Å². The molecule has 0 N–H and O–H groups in total. The fourth-order valence-corrected chi connectivity index (χ4v) is 2.52. The van der Waals surface area contributed by atoms with Crippen LogP contribution >= 0.6 is 0 Å². The summed E-state index contributed by atoms with van der Waals surface area (Å²) >= 11 is 0. The lowest BCUT2D eigenvalue weighted by molar-refractivity contribution is 0.0198. The van der Waals surface area contributed by atoms with E-state index in [9.17, 15) is 4.91 Å². The molecule has 5 heteroatoms. The molecule has 0 saturated carbocycles. The average Bonchev–Trinajstić information content (AvgIpc) is 2.49. The molecule has 0 amide bonds. The maximum absolute atomic E-state index is 10.5. The molecule has 0 radical (unpaired) electrons. The van der Waals surface area contributed by atoms with Gasteiger partial charge in [-0.25, -0.2) is 0 Å². The quantitative estimate of drug-likeness (QED) is 0.766. The van der Waals surface area contributed by atoms with Crippen molar-refractivity contribution in [3.63, 3.8) is 0 Å². The highest BCUT2D eigenvalue weighted by Gasteiger charge is 2.22. The molecule has 1 saturated heterocycles. The van der Waals surface area contributed by atoms with Crippen molar-refractivity contribution >= 4 is 11.4 Å². The minimum absolute atomic E-state index is 0.323. The summed E-state index contributed by atoms with van der Waals surface area (Å²) in [5.41, 5.74) is 1.59. The summed E-state index contributed by atoms with van der Waals surface area (Å²) in [6, 6.07) is 7.43. The lowest BCUT2D eigenvalue weighted by atomic mass is 10.2. The van der Waals surface area contributed by atoms with Gasteiger partial charge in [0.25, 0.3) is 0 Å². The van der Waals surface area contributed by atoms with E-state index in [0.29, 0.717) is 11.9 Å². The van der Waals surface area contributed by atoms with Gasteiger partial charge in [0.15, 0.2) is 0 Å². The Balaban J connectivity index is 2.10. The van der Waals surface area contributed by atoms with Gasteiger partial charge in [-0.3, -0.25) is 4.90 Å². The van der Waals surface area contributed by atoms with Crippen LogP contribution < -0.4 is 4.90 Å². The Bertz CT molecular complexity index is 402. The monoisotopic (exact) mass is 263 g/mol.